The molecule has 3 rings (SSSR count). The van der Waals surface area contributed by atoms with Crippen LogP contribution in [0.25, 0.3) is 0 Å². The summed E-state index contributed by atoms with van der Waals surface area (Å²) in [5, 5.41) is 4.83. The van der Waals surface area contributed by atoms with Crippen molar-refractivity contribution in [1.29, 1.82) is 0 Å². The lowest BCUT2D eigenvalue weighted by Gasteiger charge is -2.22. The molecule has 20 heavy (non-hydrogen) atoms. The van der Waals surface area contributed by atoms with Crippen LogP contribution in [-0.2, 0) is 6.54 Å². The molecule has 1 aromatic rings. The molecule has 2 unspecified atom stereocenters. The van der Waals surface area contributed by atoms with Gasteiger partial charge in [-0.2, -0.15) is 5.10 Å². The molecule has 0 radical (unpaired) electrons. The molecule has 1 aliphatic heterocycles. The molecule has 2 atom stereocenters. The largest absolute Gasteiger partial charge is 0.330 e. The number of hydrogen-bond acceptors (Lipinski definition) is 3. The van der Waals surface area contributed by atoms with Crippen molar-refractivity contribution in [2.75, 3.05) is 13.1 Å². The summed E-state index contributed by atoms with van der Waals surface area (Å²) in [5.41, 5.74) is 7.03. The summed E-state index contributed by atoms with van der Waals surface area (Å²) in [6, 6.07) is 3.49. The van der Waals surface area contributed by atoms with E-state index in [0.29, 0.717) is 18.0 Å². The number of nitrogens with two attached hydrogens (primary N) is 1. The first kappa shape index (κ1) is 14.1. The molecule has 0 amide bonds. The third kappa shape index (κ3) is 3.07. The molecule has 2 heterocycles. The van der Waals surface area contributed by atoms with E-state index >= 15 is 0 Å². The zero-order chi connectivity index (χ0) is 13.9. The lowest BCUT2D eigenvalue weighted by molar-refractivity contribution is 0.250. The van der Waals surface area contributed by atoms with E-state index in [4.69, 9.17) is 10.8 Å². The van der Waals surface area contributed by atoms with Crippen LogP contribution in [0.4, 0.5) is 0 Å². The number of rotatable bonds is 4. The molecule has 2 fully saturated rings. The standard InChI is InChI=1S/C16H28N4/c1-13-9-14(10-17)11-19(13)12-15-7-8-20(18-15)16-5-3-2-4-6-16/h7-8,13-14,16H,2-6,9-12,17H2,1H3. The van der Waals surface area contributed by atoms with Crippen LogP contribution in [-0.4, -0.2) is 33.8 Å². The van der Waals surface area contributed by atoms with Crippen molar-refractivity contribution in [3.8, 4) is 0 Å². The molecule has 2 N–H and O–H groups in total. The minimum Gasteiger partial charge on any atom is -0.330 e. The third-order valence-corrected chi connectivity index (χ3v) is 5.10. The minimum absolute atomic E-state index is 0.642. The van der Waals surface area contributed by atoms with E-state index in [1.165, 1.54) is 44.2 Å². The fraction of sp³-hybridized carbons (Fsp3) is 0.812. The average molecular weight is 276 g/mol. The van der Waals surface area contributed by atoms with Crippen molar-refractivity contribution in [3.05, 3.63) is 18.0 Å². The second-order valence-electron chi connectivity index (χ2n) is 6.69. The second kappa shape index (κ2) is 6.27. The van der Waals surface area contributed by atoms with E-state index in [2.05, 4.69) is 28.8 Å². The molecular formula is C16H28N4. The second-order valence-corrected chi connectivity index (χ2v) is 6.69. The number of hydrogen-bond donors (Lipinski definition) is 1. The Kier molecular flexibility index (Phi) is 4.41. The van der Waals surface area contributed by atoms with Gasteiger partial charge in [0.2, 0.25) is 0 Å². The van der Waals surface area contributed by atoms with E-state index in [-0.39, 0.29) is 0 Å². The predicted molar refractivity (Wildman–Crippen MR) is 81.4 cm³/mol. The third-order valence-electron chi connectivity index (χ3n) is 5.10. The number of aromatic nitrogens is 2. The Morgan fingerprint density at radius 1 is 1.30 bits per heavy atom. The molecule has 4 heteroatoms. The fourth-order valence-corrected chi connectivity index (χ4v) is 3.83. The van der Waals surface area contributed by atoms with Gasteiger partial charge in [0, 0.05) is 25.3 Å². The van der Waals surface area contributed by atoms with Gasteiger partial charge in [-0.15, -0.1) is 0 Å². The molecule has 1 saturated carbocycles. The summed E-state index contributed by atoms with van der Waals surface area (Å²) in [5.74, 6) is 0.672. The SMILES string of the molecule is CC1CC(CN)CN1Cc1ccn(C2CCCCC2)n1. The molecular weight excluding hydrogens is 248 g/mol. The fourth-order valence-electron chi connectivity index (χ4n) is 3.83. The summed E-state index contributed by atoms with van der Waals surface area (Å²) in [4.78, 5) is 2.53. The molecule has 1 saturated heterocycles. The zero-order valence-corrected chi connectivity index (χ0v) is 12.7. The first-order valence-electron chi connectivity index (χ1n) is 8.24. The maximum atomic E-state index is 5.81. The summed E-state index contributed by atoms with van der Waals surface area (Å²) in [6.45, 7) is 5.25. The quantitative estimate of drug-likeness (QED) is 0.919. The molecule has 0 bridgehead atoms. The maximum Gasteiger partial charge on any atom is 0.0765 e. The Balaban J connectivity index is 1.59. The molecule has 1 aromatic heterocycles. The average Bonchev–Trinajstić information content (AvgIpc) is 3.08. The van der Waals surface area contributed by atoms with Gasteiger partial charge in [-0.1, -0.05) is 19.3 Å². The lowest BCUT2D eigenvalue weighted by Crippen LogP contribution is -2.27. The highest BCUT2D eigenvalue weighted by molar-refractivity contribution is 5.01. The van der Waals surface area contributed by atoms with Gasteiger partial charge < -0.3 is 5.73 Å². The Hall–Kier alpha value is -0.870. The van der Waals surface area contributed by atoms with E-state index in [1.807, 2.05) is 0 Å². The Morgan fingerprint density at radius 3 is 2.80 bits per heavy atom. The highest BCUT2D eigenvalue weighted by Crippen LogP contribution is 2.28. The van der Waals surface area contributed by atoms with E-state index in [0.717, 1.165) is 19.6 Å². The smallest absolute Gasteiger partial charge is 0.0765 e. The van der Waals surface area contributed by atoms with Gasteiger partial charge in [0.15, 0.2) is 0 Å². The minimum atomic E-state index is 0.642. The summed E-state index contributed by atoms with van der Waals surface area (Å²) in [7, 11) is 0. The summed E-state index contributed by atoms with van der Waals surface area (Å²) < 4.78 is 2.22. The molecule has 2 aliphatic rings. The first-order valence-corrected chi connectivity index (χ1v) is 8.24. The Morgan fingerprint density at radius 2 is 2.10 bits per heavy atom. The van der Waals surface area contributed by atoms with Crippen molar-refractivity contribution >= 4 is 0 Å². The van der Waals surface area contributed by atoms with Crippen LogP contribution in [0.1, 0.15) is 57.2 Å². The Bertz CT molecular complexity index is 422. The van der Waals surface area contributed by atoms with Crippen molar-refractivity contribution < 1.29 is 0 Å². The highest BCUT2D eigenvalue weighted by atomic mass is 15.3. The van der Waals surface area contributed by atoms with Crippen LogP contribution in [0.3, 0.4) is 0 Å². The van der Waals surface area contributed by atoms with E-state index in [9.17, 15) is 0 Å². The van der Waals surface area contributed by atoms with Gasteiger partial charge in [-0.3, -0.25) is 9.58 Å². The van der Waals surface area contributed by atoms with Crippen LogP contribution in [0.15, 0.2) is 12.3 Å². The van der Waals surface area contributed by atoms with Crippen molar-refractivity contribution in [3.63, 3.8) is 0 Å². The topological polar surface area (TPSA) is 47.1 Å². The van der Waals surface area contributed by atoms with Gasteiger partial charge >= 0.3 is 0 Å². The van der Waals surface area contributed by atoms with Crippen LogP contribution in [0.2, 0.25) is 0 Å². The molecule has 0 aromatic carbocycles. The molecule has 0 spiro atoms. The van der Waals surface area contributed by atoms with E-state index in [1.54, 1.807) is 0 Å². The van der Waals surface area contributed by atoms with Gasteiger partial charge in [0.1, 0.15) is 0 Å². The van der Waals surface area contributed by atoms with E-state index < -0.39 is 0 Å². The van der Waals surface area contributed by atoms with Gasteiger partial charge in [-0.25, -0.2) is 0 Å². The van der Waals surface area contributed by atoms with Gasteiger partial charge in [0.05, 0.1) is 11.7 Å². The normalized spacial score (nSPS) is 29.1. The van der Waals surface area contributed by atoms with Gasteiger partial charge in [0.25, 0.3) is 0 Å². The monoisotopic (exact) mass is 276 g/mol. The number of likely N-dealkylation sites (tertiary alicyclic amines) is 1. The van der Waals surface area contributed by atoms with Crippen molar-refractivity contribution in [1.82, 2.24) is 14.7 Å². The summed E-state index contributed by atoms with van der Waals surface area (Å²) >= 11 is 0. The molecule has 1 aliphatic carbocycles. The van der Waals surface area contributed by atoms with Crippen LogP contribution in [0.5, 0.6) is 0 Å². The summed E-state index contributed by atoms with van der Waals surface area (Å²) in [6.07, 6.45) is 10.2. The van der Waals surface area contributed by atoms with Crippen molar-refractivity contribution in [2.24, 2.45) is 11.7 Å². The maximum absolute atomic E-state index is 5.81. The molecule has 112 valence electrons. The lowest BCUT2D eigenvalue weighted by atomic mass is 9.96. The number of nitrogens with zero attached hydrogens (tertiary/aromatic N) is 3. The van der Waals surface area contributed by atoms with Crippen LogP contribution < -0.4 is 5.73 Å². The van der Waals surface area contributed by atoms with Crippen LogP contribution >= 0.6 is 0 Å². The zero-order valence-electron chi connectivity index (χ0n) is 12.7. The molecule has 4 nitrogen and oxygen atoms in total. The van der Waals surface area contributed by atoms with Gasteiger partial charge in [-0.05, 0) is 44.7 Å². The van der Waals surface area contributed by atoms with Crippen LogP contribution in [0, 0.1) is 5.92 Å². The predicted octanol–water partition coefficient (Wildman–Crippen LogP) is 2.56. The van der Waals surface area contributed by atoms with Crippen molar-refractivity contribution in [2.45, 2.75) is 64.1 Å². The Labute approximate surface area is 122 Å². The first-order chi connectivity index (χ1) is 9.76. The highest BCUT2D eigenvalue weighted by Gasteiger charge is 2.28.